The van der Waals surface area contributed by atoms with Gasteiger partial charge in [0.2, 0.25) is 0 Å². The highest BCUT2D eigenvalue weighted by Crippen LogP contribution is 2.36. The fourth-order valence-electron chi connectivity index (χ4n) is 3.03. The molecule has 3 nitrogen and oxygen atoms in total. The lowest BCUT2D eigenvalue weighted by atomic mass is 9.95. The summed E-state index contributed by atoms with van der Waals surface area (Å²) in [5.41, 5.74) is 0.477. The van der Waals surface area contributed by atoms with E-state index in [2.05, 4.69) is 51.5 Å². The van der Waals surface area contributed by atoms with Crippen LogP contribution in [0.5, 0.6) is 0 Å². The standard InChI is InChI=1S/C13H28N2O/c1-12(2,3)15-10-11(9-13(15,4)5)14(6)7-8-16/h11,16H,7-10H2,1-6H3/t11-/m1/s1. The van der Waals surface area contributed by atoms with Crippen LogP contribution in [0.15, 0.2) is 0 Å². The molecule has 0 spiro atoms. The highest BCUT2D eigenvalue weighted by molar-refractivity contribution is 5.01. The fraction of sp³-hybridized carbons (Fsp3) is 1.00. The first-order valence-electron chi connectivity index (χ1n) is 6.27. The number of likely N-dealkylation sites (N-methyl/N-ethyl adjacent to an activating group) is 1. The zero-order valence-electron chi connectivity index (χ0n) is 11.7. The Bertz CT molecular complexity index is 233. The van der Waals surface area contributed by atoms with Crippen molar-refractivity contribution in [2.24, 2.45) is 0 Å². The highest BCUT2D eigenvalue weighted by atomic mass is 16.3. The summed E-state index contributed by atoms with van der Waals surface area (Å²) in [6.45, 7) is 13.6. The first kappa shape index (κ1) is 13.9. The predicted octanol–water partition coefficient (Wildman–Crippen LogP) is 1.56. The van der Waals surface area contributed by atoms with E-state index >= 15 is 0 Å². The van der Waals surface area contributed by atoms with E-state index < -0.39 is 0 Å². The molecule has 1 saturated heterocycles. The van der Waals surface area contributed by atoms with Gasteiger partial charge in [-0.25, -0.2) is 0 Å². The largest absolute Gasteiger partial charge is 0.395 e. The SMILES string of the molecule is CN(CCO)[C@H]1CN(C(C)(C)C)C(C)(C)C1. The van der Waals surface area contributed by atoms with Crippen molar-refractivity contribution in [2.75, 3.05) is 26.7 Å². The molecule has 0 aromatic heterocycles. The van der Waals surface area contributed by atoms with Gasteiger partial charge in [0, 0.05) is 30.2 Å². The Morgan fingerprint density at radius 1 is 1.38 bits per heavy atom. The normalized spacial score (nSPS) is 26.6. The van der Waals surface area contributed by atoms with Crippen LogP contribution in [0.25, 0.3) is 0 Å². The van der Waals surface area contributed by atoms with Crippen molar-refractivity contribution in [1.29, 1.82) is 0 Å². The Morgan fingerprint density at radius 2 is 1.94 bits per heavy atom. The molecule has 1 rings (SSSR count). The van der Waals surface area contributed by atoms with Crippen molar-refractivity contribution in [1.82, 2.24) is 9.80 Å². The molecule has 96 valence electrons. The summed E-state index contributed by atoms with van der Waals surface area (Å²) in [7, 11) is 2.11. The van der Waals surface area contributed by atoms with E-state index in [0.717, 1.165) is 13.1 Å². The van der Waals surface area contributed by atoms with Crippen molar-refractivity contribution >= 4 is 0 Å². The van der Waals surface area contributed by atoms with E-state index in [1.54, 1.807) is 0 Å². The summed E-state index contributed by atoms with van der Waals surface area (Å²) in [6, 6.07) is 0.571. The van der Waals surface area contributed by atoms with Crippen LogP contribution >= 0.6 is 0 Å². The maximum absolute atomic E-state index is 9.00. The lowest BCUT2D eigenvalue weighted by molar-refractivity contribution is 0.0655. The van der Waals surface area contributed by atoms with Gasteiger partial charge in [-0.2, -0.15) is 0 Å². The second kappa shape index (κ2) is 4.63. The van der Waals surface area contributed by atoms with Crippen LogP contribution in [-0.4, -0.2) is 58.8 Å². The summed E-state index contributed by atoms with van der Waals surface area (Å²) in [4.78, 5) is 4.87. The van der Waals surface area contributed by atoms with Gasteiger partial charge in [-0.05, 0) is 48.1 Å². The highest BCUT2D eigenvalue weighted by Gasteiger charge is 2.44. The second-order valence-electron chi connectivity index (χ2n) is 6.66. The zero-order chi connectivity index (χ0) is 12.6. The summed E-state index contributed by atoms with van der Waals surface area (Å²) >= 11 is 0. The number of aliphatic hydroxyl groups is 1. The minimum Gasteiger partial charge on any atom is -0.395 e. The fourth-order valence-corrected chi connectivity index (χ4v) is 3.03. The van der Waals surface area contributed by atoms with Gasteiger partial charge in [-0.15, -0.1) is 0 Å². The maximum atomic E-state index is 9.00. The number of hydrogen-bond donors (Lipinski definition) is 1. The Morgan fingerprint density at radius 3 is 2.31 bits per heavy atom. The van der Waals surface area contributed by atoms with Crippen LogP contribution in [0, 0.1) is 0 Å². The van der Waals surface area contributed by atoms with Gasteiger partial charge < -0.3 is 5.11 Å². The molecule has 1 heterocycles. The number of aliphatic hydroxyl groups excluding tert-OH is 1. The van der Waals surface area contributed by atoms with Crippen LogP contribution in [0.2, 0.25) is 0 Å². The minimum absolute atomic E-state index is 0.221. The first-order chi connectivity index (χ1) is 7.18. The van der Waals surface area contributed by atoms with Crippen LogP contribution in [0.3, 0.4) is 0 Å². The van der Waals surface area contributed by atoms with Crippen molar-refractivity contribution in [3.8, 4) is 0 Å². The quantitative estimate of drug-likeness (QED) is 0.794. The molecule has 1 aliphatic heterocycles. The molecule has 1 atom stereocenters. The molecule has 1 fully saturated rings. The smallest absolute Gasteiger partial charge is 0.0558 e. The Balaban J connectivity index is 2.72. The average Bonchev–Trinajstić information content (AvgIpc) is 2.41. The Kier molecular flexibility index (Phi) is 4.04. The number of hydrogen-bond acceptors (Lipinski definition) is 3. The third-order valence-corrected chi connectivity index (χ3v) is 3.74. The molecule has 0 aromatic carbocycles. The van der Waals surface area contributed by atoms with E-state index in [-0.39, 0.29) is 17.7 Å². The van der Waals surface area contributed by atoms with Gasteiger partial charge in [0.1, 0.15) is 0 Å². The lowest BCUT2D eigenvalue weighted by Gasteiger charge is -2.42. The Hall–Kier alpha value is -0.120. The first-order valence-corrected chi connectivity index (χ1v) is 6.27. The molecule has 0 saturated carbocycles. The Labute approximate surface area is 100 Å². The van der Waals surface area contributed by atoms with E-state index in [4.69, 9.17) is 5.11 Å². The summed E-state index contributed by atoms with van der Waals surface area (Å²) in [5.74, 6) is 0. The summed E-state index contributed by atoms with van der Waals surface area (Å²) in [6.07, 6.45) is 1.18. The topological polar surface area (TPSA) is 26.7 Å². The molecule has 3 heteroatoms. The monoisotopic (exact) mass is 228 g/mol. The van der Waals surface area contributed by atoms with Crippen LogP contribution < -0.4 is 0 Å². The number of nitrogens with zero attached hydrogens (tertiary/aromatic N) is 2. The number of rotatable bonds is 3. The van der Waals surface area contributed by atoms with Crippen molar-refractivity contribution in [3.63, 3.8) is 0 Å². The van der Waals surface area contributed by atoms with Gasteiger partial charge in [-0.3, -0.25) is 9.80 Å². The second-order valence-corrected chi connectivity index (χ2v) is 6.66. The molecule has 1 N–H and O–H groups in total. The molecule has 0 amide bonds. The molecule has 1 aliphatic rings. The van der Waals surface area contributed by atoms with Crippen molar-refractivity contribution in [2.45, 2.75) is 58.2 Å². The van der Waals surface area contributed by atoms with Gasteiger partial charge in [0.15, 0.2) is 0 Å². The summed E-state index contributed by atoms with van der Waals surface area (Å²) in [5, 5.41) is 9.00. The third kappa shape index (κ3) is 2.96. The maximum Gasteiger partial charge on any atom is 0.0558 e. The van der Waals surface area contributed by atoms with E-state index in [0.29, 0.717) is 6.04 Å². The molecule has 0 aliphatic carbocycles. The van der Waals surface area contributed by atoms with E-state index in [1.807, 2.05) is 0 Å². The van der Waals surface area contributed by atoms with E-state index in [9.17, 15) is 0 Å². The molecule has 0 unspecified atom stereocenters. The minimum atomic E-state index is 0.221. The predicted molar refractivity (Wildman–Crippen MR) is 68.7 cm³/mol. The molecule has 16 heavy (non-hydrogen) atoms. The average molecular weight is 228 g/mol. The van der Waals surface area contributed by atoms with Crippen molar-refractivity contribution < 1.29 is 5.11 Å². The van der Waals surface area contributed by atoms with Crippen LogP contribution in [0.4, 0.5) is 0 Å². The molecular weight excluding hydrogens is 200 g/mol. The van der Waals surface area contributed by atoms with E-state index in [1.165, 1.54) is 6.42 Å². The summed E-state index contributed by atoms with van der Waals surface area (Å²) < 4.78 is 0. The third-order valence-electron chi connectivity index (χ3n) is 3.74. The van der Waals surface area contributed by atoms with Gasteiger partial charge in [0.05, 0.1) is 6.61 Å². The van der Waals surface area contributed by atoms with Crippen molar-refractivity contribution in [3.05, 3.63) is 0 Å². The van der Waals surface area contributed by atoms with Gasteiger partial charge in [0.25, 0.3) is 0 Å². The lowest BCUT2D eigenvalue weighted by Crippen LogP contribution is -2.50. The molecule has 0 radical (unpaired) electrons. The molecule has 0 bridgehead atoms. The van der Waals surface area contributed by atoms with Gasteiger partial charge in [-0.1, -0.05) is 0 Å². The van der Waals surface area contributed by atoms with Crippen LogP contribution in [0.1, 0.15) is 41.0 Å². The van der Waals surface area contributed by atoms with Gasteiger partial charge >= 0.3 is 0 Å². The molecular formula is C13H28N2O. The zero-order valence-corrected chi connectivity index (χ0v) is 11.7. The number of likely N-dealkylation sites (tertiary alicyclic amines) is 1. The molecule has 0 aromatic rings. The van der Waals surface area contributed by atoms with Crippen LogP contribution in [-0.2, 0) is 0 Å².